The van der Waals surface area contributed by atoms with E-state index in [0.29, 0.717) is 12.1 Å². The highest BCUT2D eigenvalue weighted by Crippen LogP contribution is 2.28. The molecule has 2 nitrogen and oxygen atoms in total. The molecular formula is C11H15F3N2. The Bertz CT molecular complexity index is 317. The van der Waals surface area contributed by atoms with Gasteiger partial charge < -0.3 is 4.90 Å². The van der Waals surface area contributed by atoms with E-state index in [1.54, 1.807) is 0 Å². The Hall–Kier alpha value is -1.10. The van der Waals surface area contributed by atoms with E-state index in [1.807, 2.05) is 19.0 Å². The molecule has 90 valence electrons. The van der Waals surface area contributed by atoms with Crippen molar-refractivity contribution < 1.29 is 13.2 Å². The highest BCUT2D eigenvalue weighted by atomic mass is 19.4. The summed E-state index contributed by atoms with van der Waals surface area (Å²) in [6, 6.07) is 2.52. The summed E-state index contributed by atoms with van der Waals surface area (Å²) >= 11 is 0. The Morgan fingerprint density at radius 2 is 1.94 bits per heavy atom. The third kappa shape index (κ3) is 4.18. The lowest BCUT2D eigenvalue weighted by Gasteiger charge is -2.09. The normalized spacial score (nSPS) is 12.1. The van der Waals surface area contributed by atoms with Crippen LogP contribution in [0.15, 0.2) is 18.3 Å². The fourth-order valence-corrected chi connectivity index (χ4v) is 1.32. The summed E-state index contributed by atoms with van der Waals surface area (Å²) in [5.74, 6) is 0. The van der Waals surface area contributed by atoms with Crippen molar-refractivity contribution in [2.75, 3.05) is 20.6 Å². The second-order valence-electron chi connectivity index (χ2n) is 3.94. The number of hydrogen-bond donors (Lipinski definition) is 0. The summed E-state index contributed by atoms with van der Waals surface area (Å²) in [7, 11) is 3.92. The maximum atomic E-state index is 12.2. The number of hydrogen-bond acceptors (Lipinski definition) is 2. The van der Waals surface area contributed by atoms with E-state index < -0.39 is 11.7 Å². The number of rotatable bonds is 4. The van der Waals surface area contributed by atoms with Gasteiger partial charge in [0, 0.05) is 11.9 Å². The van der Waals surface area contributed by atoms with Crippen LogP contribution in [0.5, 0.6) is 0 Å². The number of pyridine rings is 1. The van der Waals surface area contributed by atoms with Crippen LogP contribution in [0.3, 0.4) is 0 Å². The molecule has 0 aliphatic heterocycles. The van der Waals surface area contributed by atoms with Crippen molar-refractivity contribution >= 4 is 0 Å². The molecule has 1 aromatic rings. The highest BCUT2D eigenvalue weighted by Gasteiger charge is 2.30. The zero-order valence-corrected chi connectivity index (χ0v) is 9.38. The van der Waals surface area contributed by atoms with E-state index in [1.165, 1.54) is 6.07 Å². The van der Waals surface area contributed by atoms with Gasteiger partial charge in [-0.1, -0.05) is 0 Å². The van der Waals surface area contributed by atoms with Gasteiger partial charge in [0.15, 0.2) is 0 Å². The second-order valence-corrected chi connectivity index (χ2v) is 3.94. The third-order valence-corrected chi connectivity index (χ3v) is 2.19. The van der Waals surface area contributed by atoms with Gasteiger partial charge in [-0.05, 0) is 45.6 Å². The van der Waals surface area contributed by atoms with Crippen LogP contribution in [0.25, 0.3) is 0 Å². The molecule has 0 fully saturated rings. The van der Waals surface area contributed by atoms with Crippen LogP contribution < -0.4 is 0 Å². The fraction of sp³-hybridized carbons (Fsp3) is 0.545. The molecule has 1 heterocycles. The van der Waals surface area contributed by atoms with Crippen molar-refractivity contribution in [3.05, 3.63) is 29.6 Å². The molecule has 5 heteroatoms. The average molecular weight is 232 g/mol. The van der Waals surface area contributed by atoms with E-state index in [9.17, 15) is 13.2 Å². The topological polar surface area (TPSA) is 16.1 Å². The van der Waals surface area contributed by atoms with Gasteiger partial charge in [0.05, 0.1) is 5.56 Å². The van der Waals surface area contributed by atoms with E-state index in [2.05, 4.69) is 4.98 Å². The number of aromatic nitrogens is 1. The Labute approximate surface area is 93.1 Å². The average Bonchev–Trinajstić information content (AvgIpc) is 2.16. The quantitative estimate of drug-likeness (QED) is 0.793. The first kappa shape index (κ1) is 13.0. The van der Waals surface area contributed by atoms with Crippen molar-refractivity contribution in [1.82, 2.24) is 9.88 Å². The molecule has 16 heavy (non-hydrogen) atoms. The molecule has 0 saturated carbocycles. The molecule has 0 amide bonds. The molecule has 0 aliphatic carbocycles. The zero-order valence-electron chi connectivity index (χ0n) is 9.38. The molecule has 0 aliphatic rings. The molecule has 0 bridgehead atoms. The van der Waals surface area contributed by atoms with Crippen LogP contribution in [0.1, 0.15) is 17.7 Å². The second kappa shape index (κ2) is 5.30. The lowest BCUT2D eigenvalue weighted by atomic mass is 10.2. The molecule has 0 unspecified atom stereocenters. The fourth-order valence-electron chi connectivity index (χ4n) is 1.32. The first-order valence-corrected chi connectivity index (χ1v) is 5.06. The Morgan fingerprint density at radius 1 is 1.25 bits per heavy atom. The summed E-state index contributed by atoms with van der Waals surface area (Å²) in [6.07, 6.45) is -1.80. The number of nitrogens with zero attached hydrogens (tertiary/aromatic N) is 2. The summed E-state index contributed by atoms with van der Waals surface area (Å²) in [4.78, 5) is 5.84. The summed E-state index contributed by atoms with van der Waals surface area (Å²) in [5, 5.41) is 0. The van der Waals surface area contributed by atoms with Crippen molar-refractivity contribution in [1.29, 1.82) is 0 Å². The molecule has 0 N–H and O–H groups in total. The molecule has 0 aromatic carbocycles. The number of alkyl halides is 3. The molecule has 0 atom stereocenters. The molecule has 0 saturated heterocycles. The minimum Gasteiger partial charge on any atom is -0.309 e. The van der Waals surface area contributed by atoms with Gasteiger partial charge in [0.25, 0.3) is 0 Å². The van der Waals surface area contributed by atoms with Crippen molar-refractivity contribution in [2.45, 2.75) is 19.0 Å². The van der Waals surface area contributed by atoms with Crippen LogP contribution >= 0.6 is 0 Å². The Kier molecular flexibility index (Phi) is 4.29. The number of halogens is 3. The predicted molar refractivity (Wildman–Crippen MR) is 56.1 cm³/mol. The molecule has 1 aromatic heterocycles. The molecule has 0 radical (unpaired) electrons. The van der Waals surface area contributed by atoms with Gasteiger partial charge in [-0.15, -0.1) is 0 Å². The van der Waals surface area contributed by atoms with E-state index in [-0.39, 0.29) is 0 Å². The van der Waals surface area contributed by atoms with Gasteiger partial charge in [0.1, 0.15) is 0 Å². The minimum atomic E-state index is -4.30. The Morgan fingerprint density at radius 3 is 2.38 bits per heavy atom. The SMILES string of the molecule is CN(C)CCCc1ccc(C(F)(F)F)cn1. The highest BCUT2D eigenvalue weighted by molar-refractivity contribution is 5.16. The van der Waals surface area contributed by atoms with Crippen LogP contribution in [0.2, 0.25) is 0 Å². The monoisotopic (exact) mass is 232 g/mol. The van der Waals surface area contributed by atoms with E-state index in [4.69, 9.17) is 0 Å². The molecular weight excluding hydrogens is 217 g/mol. The van der Waals surface area contributed by atoms with Crippen LogP contribution in [0.4, 0.5) is 13.2 Å². The maximum absolute atomic E-state index is 12.2. The van der Waals surface area contributed by atoms with E-state index >= 15 is 0 Å². The lowest BCUT2D eigenvalue weighted by molar-refractivity contribution is -0.137. The maximum Gasteiger partial charge on any atom is 0.417 e. The van der Waals surface area contributed by atoms with Crippen LogP contribution in [-0.2, 0) is 12.6 Å². The van der Waals surface area contributed by atoms with Crippen molar-refractivity contribution in [2.24, 2.45) is 0 Å². The first-order chi connectivity index (χ1) is 7.39. The smallest absolute Gasteiger partial charge is 0.309 e. The van der Waals surface area contributed by atoms with Crippen molar-refractivity contribution in [3.8, 4) is 0 Å². The van der Waals surface area contributed by atoms with Gasteiger partial charge >= 0.3 is 6.18 Å². The predicted octanol–water partition coefficient (Wildman–Crippen LogP) is 2.59. The van der Waals surface area contributed by atoms with Crippen molar-refractivity contribution in [3.63, 3.8) is 0 Å². The molecule has 1 rings (SSSR count). The van der Waals surface area contributed by atoms with Gasteiger partial charge in [-0.2, -0.15) is 13.2 Å². The first-order valence-electron chi connectivity index (χ1n) is 5.06. The minimum absolute atomic E-state index is 0.691. The Balaban J connectivity index is 2.52. The number of aryl methyl sites for hydroxylation is 1. The standard InChI is InChI=1S/C11H15F3N2/c1-16(2)7-3-4-10-6-5-9(8-15-10)11(12,13)14/h5-6,8H,3-4,7H2,1-2H3. The third-order valence-electron chi connectivity index (χ3n) is 2.19. The largest absolute Gasteiger partial charge is 0.417 e. The van der Waals surface area contributed by atoms with Gasteiger partial charge in [-0.3, -0.25) is 4.98 Å². The van der Waals surface area contributed by atoms with Crippen LogP contribution in [0, 0.1) is 0 Å². The summed E-state index contributed by atoms with van der Waals surface area (Å²) in [6.45, 7) is 0.905. The zero-order chi connectivity index (χ0) is 12.2. The lowest BCUT2D eigenvalue weighted by Crippen LogP contribution is -2.13. The van der Waals surface area contributed by atoms with Gasteiger partial charge in [-0.25, -0.2) is 0 Å². The van der Waals surface area contributed by atoms with E-state index in [0.717, 1.165) is 25.2 Å². The van der Waals surface area contributed by atoms with Crippen LogP contribution in [-0.4, -0.2) is 30.5 Å². The summed E-state index contributed by atoms with van der Waals surface area (Å²) in [5.41, 5.74) is 0.0127. The molecule has 0 spiro atoms. The summed E-state index contributed by atoms with van der Waals surface area (Å²) < 4.78 is 36.7. The van der Waals surface area contributed by atoms with Gasteiger partial charge in [0.2, 0.25) is 0 Å².